The van der Waals surface area contributed by atoms with Crippen molar-refractivity contribution < 1.29 is 13.2 Å². The second kappa shape index (κ2) is 8.31. The molecule has 2 aromatic rings. The minimum atomic E-state index is -3.57. The van der Waals surface area contributed by atoms with Crippen LogP contribution in [-0.4, -0.2) is 60.2 Å². The van der Waals surface area contributed by atoms with Gasteiger partial charge in [-0.3, -0.25) is 4.79 Å². The minimum Gasteiger partial charge on any atom is -0.373 e. The van der Waals surface area contributed by atoms with E-state index in [9.17, 15) is 13.2 Å². The van der Waals surface area contributed by atoms with Crippen LogP contribution < -0.4 is 5.32 Å². The van der Waals surface area contributed by atoms with Crippen LogP contribution in [-0.2, 0) is 27.8 Å². The van der Waals surface area contributed by atoms with E-state index in [1.54, 1.807) is 44.3 Å². The highest BCUT2D eigenvalue weighted by Gasteiger charge is 2.32. The number of carbonyl (C=O) groups is 1. The topological polar surface area (TPSA) is 95.5 Å². The molecule has 1 saturated heterocycles. The Labute approximate surface area is 177 Å². The number of aromatic nitrogens is 2. The maximum absolute atomic E-state index is 13.0. The van der Waals surface area contributed by atoms with E-state index >= 15 is 0 Å². The monoisotopic (exact) mass is 429 g/mol. The number of anilines is 1. The van der Waals surface area contributed by atoms with Crippen LogP contribution in [0.4, 0.5) is 5.82 Å². The SMILES string of the molecule is CNc1nc([C@@H]2CCCN(C(C)=O)C2)nc2c1CN(S(=O)(=O)c1ccccc1)CC2. The molecule has 160 valence electrons. The zero-order valence-corrected chi connectivity index (χ0v) is 18.2. The third-order valence-corrected chi connectivity index (χ3v) is 7.75. The maximum Gasteiger partial charge on any atom is 0.243 e. The lowest BCUT2D eigenvalue weighted by molar-refractivity contribution is -0.130. The minimum absolute atomic E-state index is 0.0771. The number of sulfonamides is 1. The third-order valence-electron chi connectivity index (χ3n) is 5.89. The van der Waals surface area contributed by atoms with Gasteiger partial charge in [-0.25, -0.2) is 18.4 Å². The summed E-state index contributed by atoms with van der Waals surface area (Å²) in [5, 5.41) is 3.13. The van der Waals surface area contributed by atoms with Gasteiger partial charge in [0.05, 0.1) is 10.6 Å². The first-order valence-electron chi connectivity index (χ1n) is 10.3. The molecule has 0 aliphatic carbocycles. The van der Waals surface area contributed by atoms with E-state index in [1.807, 2.05) is 4.90 Å². The van der Waals surface area contributed by atoms with Crippen molar-refractivity contribution in [1.82, 2.24) is 19.2 Å². The lowest BCUT2D eigenvalue weighted by Crippen LogP contribution is -2.39. The molecule has 9 heteroatoms. The van der Waals surface area contributed by atoms with Gasteiger partial charge in [0.1, 0.15) is 11.6 Å². The molecule has 4 rings (SSSR count). The summed E-state index contributed by atoms with van der Waals surface area (Å²) in [6, 6.07) is 8.50. The molecule has 1 amide bonds. The highest BCUT2D eigenvalue weighted by atomic mass is 32.2. The molecule has 8 nitrogen and oxygen atoms in total. The Morgan fingerprint density at radius 2 is 1.93 bits per heavy atom. The number of amides is 1. The summed E-state index contributed by atoms with van der Waals surface area (Å²) >= 11 is 0. The van der Waals surface area contributed by atoms with Gasteiger partial charge in [-0.2, -0.15) is 4.31 Å². The summed E-state index contributed by atoms with van der Waals surface area (Å²) in [6.45, 7) is 3.63. The largest absolute Gasteiger partial charge is 0.373 e. The molecule has 0 spiro atoms. The van der Waals surface area contributed by atoms with Crippen LogP contribution in [0.2, 0.25) is 0 Å². The van der Waals surface area contributed by atoms with E-state index in [0.29, 0.717) is 30.2 Å². The quantitative estimate of drug-likeness (QED) is 0.799. The number of nitrogens with one attached hydrogen (secondary N) is 1. The first kappa shape index (κ1) is 20.7. The lowest BCUT2D eigenvalue weighted by atomic mass is 9.96. The van der Waals surface area contributed by atoms with Crippen LogP contribution in [0.5, 0.6) is 0 Å². The van der Waals surface area contributed by atoms with E-state index in [0.717, 1.165) is 36.5 Å². The molecule has 0 bridgehead atoms. The van der Waals surface area contributed by atoms with Crippen LogP contribution in [0.3, 0.4) is 0 Å². The summed E-state index contributed by atoms with van der Waals surface area (Å²) in [5.74, 6) is 1.59. The van der Waals surface area contributed by atoms with Gasteiger partial charge in [-0.15, -0.1) is 0 Å². The second-order valence-corrected chi connectivity index (χ2v) is 9.75. The number of piperidine rings is 1. The molecule has 1 N–H and O–H groups in total. The van der Waals surface area contributed by atoms with Gasteiger partial charge in [0.2, 0.25) is 15.9 Å². The van der Waals surface area contributed by atoms with Crippen molar-refractivity contribution in [2.24, 2.45) is 0 Å². The molecule has 0 unspecified atom stereocenters. The molecule has 2 aliphatic heterocycles. The Bertz CT molecular complexity index is 1020. The molecule has 1 aromatic carbocycles. The zero-order valence-electron chi connectivity index (χ0n) is 17.3. The summed E-state index contributed by atoms with van der Waals surface area (Å²) < 4.78 is 27.6. The fourth-order valence-corrected chi connectivity index (χ4v) is 5.65. The van der Waals surface area contributed by atoms with Crippen LogP contribution in [0, 0.1) is 0 Å². The van der Waals surface area contributed by atoms with Crippen molar-refractivity contribution in [2.45, 2.75) is 43.5 Å². The number of hydrogen-bond acceptors (Lipinski definition) is 6. The summed E-state index contributed by atoms with van der Waals surface area (Å²) in [4.78, 5) is 23.5. The second-order valence-electron chi connectivity index (χ2n) is 7.81. The number of hydrogen-bond donors (Lipinski definition) is 1. The molecule has 1 fully saturated rings. The molecule has 1 atom stereocenters. The number of likely N-dealkylation sites (tertiary alicyclic amines) is 1. The first-order chi connectivity index (χ1) is 14.4. The van der Waals surface area contributed by atoms with Crippen molar-refractivity contribution in [3.05, 3.63) is 47.4 Å². The van der Waals surface area contributed by atoms with Crippen LogP contribution in [0.15, 0.2) is 35.2 Å². The molecule has 0 saturated carbocycles. The van der Waals surface area contributed by atoms with Gasteiger partial charge in [0.25, 0.3) is 0 Å². The highest BCUT2D eigenvalue weighted by Crippen LogP contribution is 2.31. The Morgan fingerprint density at radius 3 is 2.63 bits per heavy atom. The van der Waals surface area contributed by atoms with E-state index in [4.69, 9.17) is 9.97 Å². The van der Waals surface area contributed by atoms with E-state index in [1.165, 1.54) is 4.31 Å². The molecular formula is C21H27N5O3S. The van der Waals surface area contributed by atoms with Crippen molar-refractivity contribution in [3.8, 4) is 0 Å². The standard InChI is InChI=1S/C21H27N5O3S/c1-15(27)25-11-6-7-16(13-25)20-23-19-10-12-26(14-18(19)21(22-2)24-20)30(28,29)17-8-4-3-5-9-17/h3-5,8-9,16H,6-7,10-14H2,1-2H3,(H,22,23,24)/t16-/m1/s1. The first-order valence-corrected chi connectivity index (χ1v) is 11.7. The summed E-state index contributed by atoms with van der Waals surface area (Å²) in [7, 11) is -1.78. The van der Waals surface area contributed by atoms with Gasteiger partial charge >= 0.3 is 0 Å². The molecule has 30 heavy (non-hydrogen) atoms. The van der Waals surface area contributed by atoms with Crippen LogP contribution in [0.1, 0.15) is 42.8 Å². The predicted molar refractivity (Wildman–Crippen MR) is 114 cm³/mol. The fraction of sp³-hybridized carbons (Fsp3) is 0.476. The Morgan fingerprint density at radius 1 is 1.17 bits per heavy atom. The van der Waals surface area contributed by atoms with Gasteiger partial charge in [-0.1, -0.05) is 18.2 Å². The van der Waals surface area contributed by atoms with Crippen molar-refractivity contribution >= 4 is 21.7 Å². The number of carbonyl (C=O) groups excluding carboxylic acids is 1. The number of fused-ring (bicyclic) bond motifs is 1. The Balaban J connectivity index is 1.62. The summed E-state index contributed by atoms with van der Waals surface area (Å²) in [5.41, 5.74) is 1.72. The zero-order chi connectivity index (χ0) is 21.3. The smallest absolute Gasteiger partial charge is 0.243 e. The summed E-state index contributed by atoms with van der Waals surface area (Å²) in [6.07, 6.45) is 2.41. The van der Waals surface area contributed by atoms with Crippen molar-refractivity contribution in [3.63, 3.8) is 0 Å². The number of nitrogens with zero attached hydrogens (tertiary/aromatic N) is 4. The predicted octanol–water partition coefficient (Wildman–Crippen LogP) is 1.99. The molecule has 3 heterocycles. The van der Waals surface area contributed by atoms with E-state index < -0.39 is 10.0 Å². The normalized spacial score (nSPS) is 19.9. The average Bonchev–Trinajstić information content (AvgIpc) is 2.78. The fourth-order valence-electron chi connectivity index (χ4n) is 4.22. The molecule has 0 radical (unpaired) electrons. The van der Waals surface area contributed by atoms with Gasteiger partial charge in [-0.05, 0) is 25.0 Å². The van der Waals surface area contributed by atoms with Crippen LogP contribution >= 0.6 is 0 Å². The average molecular weight is 430 g/mol. The van der Waals surface area contributed by atoms with Crippen molar-refractivity contribution in [2.75, 3.05) is 32.0 Å². The Kier molecular flexibility index (Phi) is 5.75. The van der Waals surface area contributed by atoms with E-state index in [2.05, 4.69) is 5.32 Å². The Hall–Kier alpha value is -2.52. The van der Waals surface area contributed by atoms with Gasteiger partial charge in [0, 0.05) is 58.1 Å². The maximum atomic E-state index is 13.0. The molecular weight excluding hydrogens is 402 g/mol. The molecule has 2 aliphatic rings. The van der Waals surface area contributed by atoms with Crippen molar-refractivity contribution in [1.29, 1.82) is 0 Å². The highest BCUT2D eigenvalue weighted by molar-refractivity contribution is 7.89. The lowest BCUT2D eigenvalue weighted by Gasteiger charge is -2.33. The van der Waals surface area contributed by atoms with Crippen LogP contribution in [0.25, 0.3) is 0 Å². The number of rotatable bonds is 4. The third kappa shape index (κ3) is 3.91. The van der Waals surface area contributed by atoms with Gasteiger partial charge < -0.3 is 10.2 Å². The van der Waals surface area contributed by atoms with Gasteiger partial charge in [0.15, 0.2) is 0 Å². The molecule has 1 aromatic heterocycles. The van der Waals surface area contributed by atoms with E-state index in [-0.39, 0.29) is 18.4 Å². The number of benzene rings is 1.